The first-order valence-corrected chi connectivity index (χ1v) is 9.23. The minimum atomic E-state index is -3.61. The Hall–Kier alpha value is -2.34. The van der Waals surface area contributed by atoms with Crippen LogP contribution in [0.25, 0.3) is 0 Å². The first kappa shape index (κ1) is 18.0. The predicted octanol–water partition coefficient (Wildman–Crippen LogP) is 2.83. The highest BCUT2D eigenvalue weighted by atomic mass is 32.2. The smallest absolute Gasteiger partial charge is 0.310 e. The van der Waals surface area contributed by atoms with E-state index >= 15 is 0 Å². The summed E-state index contributed by atoms with van der Waals surface area (Å²) in [5, 5.41) is 0. The van der Waals surface area contributed by atoms with Gasteiger partial charge in [-0.05, 0) is 17.7 Å². The van der Waals surface area contributed by atoms with Gasteiger partial charge in [0.2, 0.25) is 10.0 Å². The van der Waals surface area contributed by atoms with Crippen molar-refractivity contribution in [3.8, 4) is 0 Å². The van der Waals surface area contributed by atoms with E-state index in [0.29, 0.717) is 5.69 Å². The SMILES string of the molecule is C[C@H](CS(=O)(=O)N(C)c1ccccc1)C(=O)OCc1ccccc1. The van der Waals surface area contributed by atoms with Gasteiger partial charge in [0.15, 0.2) is 0 Å². The van der Waals surface area contributed by atoms with E-state index in [1.54, 1.807) is 31.2 Å². The molecule has 0 saturated carbocycles. The molecule has 2 aromatic rings. The van der Waals surface area contributed by atoms with E-state index in [0.717, 1.165) is 5.56 Å². The van der Waals surface area contributed by atoms with Gasteiger partial charge in [-0.2, -0.15) is 0 Å². The van der Waals surface area contributed by atoms with E-state index < -0.39 is 21.9 Å². The summed E-state index contributed by atoms with van der Waals surface area (Å²) in [7, 11) is -2.13. The maximum atomic E-state index is 12.4. The van der Waals surface area contributed by atoms with Gasteiger partial charge in [0.05, 0.1) is 17.4 Å². The number of anilines is 1. The monoisotopic (exact) mass is 347 g/mol. The second-order valence-electron chi connectivity index (χ2n) is 5.58. The maximum Gasteiger partial charge on any atom is 0.310 e. The molecule has 0 bridgehead atoms. The molecule has 0 heterocycles. The molecule has 0 saturated heterocycles. The van der Waals surface area contributed by atoms with Crippen molar-refractivity contribution in [3.05, 3.63) is 66.2 Å². The molecular formula is C18H21NO4S. The average Bonchev–Trinajstić information content (AvgIpc) is 2.60. The van der Waals surface area contributed by atoms with E-state index in [1.807, 2.05) is 36.4 Å². The van der Waals surface area contributed by atoms with Crippen LogP contribution in [0.4, 0.5) is 5.69 Å². The van der Waals surface area contributed by atoms with Crippen molar-refractivity contribution < 1.29 is 17.9 Å². The van der Waals surface area contributed by atoms with Gasteiger partial charge in [0.1, 0.15) is 6.61 Å². The highest BCUT2D eigenvalue weighted by Crippen LogP contribution is 2.17. The normalized spacial score (nSPS) is 12.4. The molecule has 0 aliphatic carbocycles. The highest BCUT2D eigenvalue weighted by Gasteiger charge is 2.26. The Balaban J connectivity index is 1.94. The molecule has 0 aliphatic rings. The van der Waals surface area contributed by atoms with Gasteiger partial charge in [-0.3, -0.25) is 9.10 Å². The van der Waals surface area contributed by atoms with Crippen molar-refractivity contribution >= 4 is 21.7 Å². The molecular weight excluding hydrogens is 326 g/mol. The number of carbonyl (C=O) groups excluding carboxylic acids is 1. The molecule has 6 heteroatoms. The number of ether oxygens (including phenoxy) is 1. The summed E-state index contributed by atoms with van der Waals surface area (Å²) in [6.07, 6.45) is 0. The Bertz CT molecular complexity index is 760. The number of hydrogen-bond donors (Lipinski definition) is 0. The van der Waals surface area contributed by atoms with Crippen LogP contribution in [0.15, 0.2) is 60.7 Å². The lowest BCUT2D eigenvalue weighted by Crippen LogP contribution is -2.34. The van der Waals surface area contributed by atoms with E-state index in [9.17, 15) is 13.2 Å². The van der Waals surface area contributed by atoms with Crippen LogP contribution in [0.1, 0.15) is 12.5 Å². The summed E-state index contributed by atoms with van der Waals surface area (Å²) < 4.78 is 31.3. The lowest BCUT2D eigenvalue weighted by molar-refractivity contribution is -0.148. The molecule has 0 spiro atoms. The lowest BCUT2D eigenvalue weighted by atomic mass is 10.2. The minimum absolute atomic E-state index is 0.137. The third-order valence-electron chi connectivity index (χ3n) is 3.62. The van der Waals surface area contributed by atoms with E-state index in [4.69, 9.17) is 4.74 Å². The van der Waals surface area contributed by atoms with Crippen molar-refractivity contribution in [1.29, 1.82) is 0 Å². The second-order valence-corrected chi connectivity index (χ2v) is 7.62. The quantitative estimate of drug-likeness (QED) is 0.723. The minimum Gasteiger partial charge on any atom is -0.461 e. The average molecular weight is 347 g/mol. The van der Waals surface area contributed by atoms with Crippen molar-refractivity contribution in [2.24, 2.45) is 5.92 Å². The van der Waals surface area contributed by atoms with Gasteiger partial charge < -0.3 is 4.74 Å². The molecule has 0 unspecified atom stereocenters. The number of rotatable bonds is 7. The Labute approximate surface area is 142 Å². The fraction of sp³-hybridized carbons (Fsp3) is 0.278. The van der Waals surface area contributed by atoms with Crippen LogP contribution in [-0.4, -0.2) is 27.2 Å². The number of nitrogens with zero attached hydrogens (tertiary/aromatic N) is 1. The summed E-state index contributed by atoms with van der Waals surface area (Å²) in [5.74, 6) is -1.57. The van der Waals surface area contributed by atoms with Crippen LogP contribution in [0.5, 0.6) is 0 Å². The Morgan fingerprint density at radius 1 is 1.04 bits per heavy atom. The molecule has 0 amide bonds. The standard InChI is InChI=1S/C18H21NO4S/c1-15(18(20)23-13-16-9-5-3-6-10-16)14-24(21,22)19(2)17-11-7-4-8-12-17/h3-12,15H,13-14H2,1-2H3/t15-/m1/s1. The topological polar surface area (TPSA) is 63.7 Å². The molecule has 0 radical (unpaired) electrons. The second kappa shape index (κ2) is 7.97. The summed E-state index contributed by atoms with van der Waals surface area (Å²) in [6, 6.07) is 18.0. The van der Waals surface area contributed by atoms with Crippen LogP contribution in [-0.2, 0) is 26.2 Å². The van der Waals surface area contributed by atoms with Crippen LogP contribution >= 0.6 is 0 Å². The van der Waals surface area contributed by atoms with Crippen molar-refractivity contribution in [3.63, 3.8) is 0 Å². The Kier molecular flexibility index (Phi) is 5.98. The number of carbonyl (C=O) groups is 1. The van der Waals surface area contributed by atoms with E-state index in [-0.39, 0.29) is 12.4 Å². The molecule has 0 N–H and O–H groups in total. The molecule has 2 aromatic carbocycles. The third kappa shape index (κ3) is 4.83. The van der Waals surface area contributed by atoms with Gasteiger partial charge >= 0.3 is 5.97 Å². The van der Waals surface area contributed by atoms with Crippen molar-refractivity contribution in [2.45, 2.75) is 13.5 Å². The van der Waals surface area contributed by atoms with E-state index in [1.165, 1.54) is 11.4 Å². The molecule has 2 rings (SSSR count). The molecule has 128 valence electrons. The number of para-hydroxylation sites is 1. The van der Waals surface area contributed by atoms with Gasteiger partial charge in [-0.25, -0.2) is 8.42 Å². The summed E-state index contributed by atoms with van der Waals surface area (Å²) in [5.41, 5.74) is 1.42. The first-order valence-electron chi connectivity index (χ1n) is 7.62. The lowest BCUT2D eigenvalue weighted by Gasteiger charge is -2.21. The number of esters is 1. The molecule has 1 atom stereocenters. The van der Waals surface area contributed by atoms with E-state index in [2.05, 4.69) is 0 Å². The zero-order valence-corrected chi connectivity index (χ0v) is 14.6. The van der Waals surface area contributed by atoms with Crippen LogP contribution in [0, 0.1) is 5.92 Å². The van der Waals surface area contributed by atoms with Crippen LogP contribution in [0.3, 0.4) is 0 Å². The fourth-order valence-electron chi connectivity index (χ4n) is 2.17. The maximum absolute atomic E-state index is 12.4. The third-order valence-corrected chi connectivity index (χ3v) is 5.59. The van der Waals surface area contributed by atoms with Gasteiger partial charge in [-0.1, -0.05) is 55.5 Å². The Morgan fingerprint density at radius 2 is 1.58 bits per heavy atom. The van der Waals surface area contributed by atoms with Gasteiger partial charge in [0.25, 0.3) is 0 Å². The largest absolute Gasteiger partial charge is 0.461 e. The van der Waals surface area contributed by atoms with Gasteiger partial charge in [-0.15, -0.1) is 0 Å². The molecule has 0 aromatic heterocycles. The number of benzene rings is 2. The highest BCUT2D eigenvalue weighted by molar-refractivity contribution is 7.92. The summed E-state index contributed by atoms with van der Waals surface area (Å²) in [4.78, 5) is 12.0. The zero-order valence-electron chi connectivity index (χ0n) is 13.8. The number of hydrogen-bond acceptors (Lipinski definition) is 4. The van der Waals surface area contributed by atoms with Crippen molar-refractivity contribution in [1.82, 2.24) is 0 Å². The zero-order chi connectivity index (χ0) is 17.6. The summed E-state index contributed by atoms with van der Waals surface area (Å²) >= 11 is 0. The fourth-order valence-corrected chi connectivity index (χ4v) is 3.60. The first-order chi connectivity index (χ1) is 11.4. The predicted molar refractivity (Wildman–Crippen MR) is 94.0 cm³/mol. The summed E-state index contributed by atoms with van der Waals surface area (Å²) in [6.45, 7) is 1.70. The molecule has 0 fully saturated rings. The van der Waals surface area contributed by atoms with Crippen molar-refractivity contribution in [2.75, 3.05) is 17.1 Å². The van der Waals surface area contributed by atoms with Crippen LogP contribution < -0.4 is 4.31 Å². The Morgan fingerprint density at radius 3 is 2.17 bits per heavy atom. The number of sulfonamides is 1. The van der Waals surface area contributed by atoms with Gasteiger partial charge in [0, 0.05) is 7.05 Å². The van der Waals surface area contributed by atoms with Crippen LogP contribution in [0.2, 0.25) is 0 Å². The molecule has 0 aliphatic heterocycles. The molecule has 5 nitrogen and oxygen atoms in total. The molecule has 24 heavy (non-hydrogen) atoms.